The van der Waals surface area contributed by atoms with Gasteiger partial charge in [-0.3, -0.25) is 10.1 Å². The summed E-state index contributed by atoms with van der Waals surface area (Å²) >= 11 is 1.43. The summed E-state index contributed by atoms with van der Waals surface area (Å²) in [7, 11) is 0. The normalized spacial score (nSPS) is 10.8. The van der Waals surface area contributed by atoms with Crippen molar-refractivity contribution in [3.63, 3.8) is 0 Å². The Morgan fingerprint density at radius 3 is 2.46 bits per heavy atom. The highest BCUT2D eigenvalue weighted by Crippen LogP contribution is 2.39. The quantitative estimate of drug-likeness (QED) is 0.366. The summed E-state index contributed by atoms with van der Waals surface area (Å²) in [6.07, 6.45) is 1.40. The first-order valence-corrected chi connectivity index (χ1v) is 8.40. The van der Waals surface area contributed by atoms with Crippen LogP contribution in [0.1, 0.15) is 0 Å². The number of halogens is 1. The molecule has 0 amide bonds. The molecule has 0 atom stereocenters. The molecule has 0 N–H and O–H groups in total. The highest BCUT2D eigenvalue weighted by Gasteiger charge is 2.15. The van der Waals surface area contributed by atoms with E-state index >= 15 is 0 Å². The van der Waals surface area contributed by atoms with Crippen molar-refractivity contribution in [2.24, 2.45) is 0 Å². The maximum absolute atomic E-state index is 13.2. The smallest absolute Gasteiger partial charge is 0.269 e. The zero-order chi connectivity index (χ0) is 18.1. The van der Waals surface area contributed by atoms with Gasteiger partial charge in [0.05, 0.1) is 10.3 Å². The van der Waals surface area contributed by atoms with Crippen LogP contribution in [-0.4, -0.2) is 14.9 Å². The molecule has 0 saturated heterocycles. The number of ether oxygens (including phenoxy) is 1. The Hall–Kier alpha value is -3.39. The lowest BCUT2D eigenvalue weighted by Crippen LogP contribution is -1.92. The molecule has 0 aliphatic carbocycles. The molecule has 2 aromatic heterocycles. The van der Waals surface area contributed by atoms with Crippen molar-refractivity contribution in [2.45, 2.75) is 0 Å². The van der Waals surface area contributed by atoms with Gasteiger partial charge in [0.15, 0.2) is 0 Å². The van der Waals surface area contributed by atoms with E-state index in [9.17, 15) is 14.5 Å². The summed E-state index contributed by atoms with van der Waals surface area (Å²) in [6, 6.07) is 11.9. The number of aromatic nitrogens is 2. The van der Waals surface area contributed by atoms with Gasteiger partial charge in [-0.1, -0.05) is 12.1 Å². The topological polar surface area (TPSA) is 78.2 Å². The number of thiophene rings is 1. The molecule has 2 aromatic carbocycles. The Bertz CT molecular complexity index is 1100. The van der Waals surface area contributed by atoms with Gasteiger partial charge in [-0.15, -0.1) is 11.3 Å². The Morgan fingerprint density at radius 2 is 1.77 bits per heavy atom. The number of fused-ring (bicyclic) bond motifs is 1. The van der Waals surface area contributed by atoms with E-state index in [0.717, 1.165) is 16.0 Å². The lowest BCUT2D eigenvalue weighted by atomic mass is 10.1. The van der Waals surface area contributed by atoms with Gasteiger partial charge in [-0.05, 0) is 29.8 Å². The molecule has 0 aliphatic heterocycles. The first-order chi connectivity index (χ1) is 12.6. The van der Waals surface area contributed by atoms with Crippen molar-refractivity contribution >= 4 is 27.2 Å². The van der Waals surface area contributed by atoms with Gasteiger partial charge in [0, 0.05) is 23.1 Å². The van der Waals surface area contributed by atoms with E-state index in [2.05, 4.69) is 9.97 Å². The molecule has 8 heteroatoms. The average Bonchev–Trinajstić information content (AvgIpc) is 3.08. The van der Waals surface area contributed by atoms with Crippen LogP contribution in [0.3, 0.4) is 0 Å². The third-order valence-electron chi connectivity index (χ3n) is 3.75. The Balaban J connectivity index is 1.76. The van der Waals surface area contributed by atoms with Gasteiger partial charge < -0.3 is 4.74 Å². The predicted molar refractivity (Wildman–Crippen MR) is 96.0 cm³/mol. The second-order valence-electron chi connectivity index (χ2n) is 5.37. The third kappa shape index (κ3) is 2.98. The van der Waals surface area contributed by atoms with Crippen LogP contribution in [0.15, 0.2) is 60.2 Å². The molecule has 4 rings (SSSR count). The predicted octanol–water partition coefficient (Wildman–Crippen LogP) is 5.20. The van der Waals surface area contributed by atoms with E-state index in [4.69, 9.17) is 4.74 Å². The van der Waals surface area contributed by atoms with Crippen LogP contribution in [0, 0.1) is 15.9 Å². The number of hydrogen-bond donors (Lipinski definition) is 0. The lowest BCUT2D eigenvalue weighted by Gasteiger charge is -2.07. The molecule has 0 radical (unpaired) electrons. The van der Waals surface area contributed by atoms with Crippen molar-refractivity contribution in [1.29, 1.82) is 0 Å². The second-order valence-corrected chi connectivity index (χ2v) is 6.23. The van der Waals surface area contributed by atoms with E-state index in [1.165, 1.54) is 54.1 Å². The summed E-state index contributed by atoms with van der Waals surface area (Å²) in [6.45, 7) is 0. The minimum atomic E-state index is -0.474. The van der Waals surface area contributed by atoms with E-state index < -0.39 is 4.92 Å². The molecule has 0 fully saturated rings. The highest BCUT2D eigenvalue weighted by molar-refractivity contribution is 7.17. The largest absolute Gasteiger partial charge is 0.438 e. The van der Waals surface area contributed by atoms with Crippen LogP contribution < -0.4 is 4.74 Å². The fourth-order valence-electron chi connectivity index (χ4n) is 2.51. The van der Waals surface area contributed by atoms with Crippen molar-refractivity contribution in [1.82, 2.24) is 9.97 Å². The number of nitro benzene ring substituents is 1. The monoisotopic (exact) mass is 367 g/mol. The highest BCUT2D eigenvalue weighted by atomic mass is 32.1. The fourth-order valence-corrected chi connectivity index (χ4v) is 3.42. The molecule has 0 aliphatic rings. The van der Waals surface area contributed by atoms with E-state index in [0.29, 0.717) is 17.0 Å². The van der Waals surface area contributed by atoms with Gasteiger partial charge in [0.2, 0.25) is 5.88 Å². The number of rotatable bonds is 4. The number of benzene rings is 2. The van der Waals surface area contributed by atoms with Gasteiger partial charge in [0.25, 0.3) is 5.69 Å². The number of non-ortho nitro benzene ring substituents is 1. The summed E-state index contributed by atoms with van der Waals surface area (Å²) in [4.78, 5) is 19.5. The summed E-state index contributed by atoms with van der Waals surface area (Å²) in [5.41, 5.74) is 1.64. The molecular weight excluding hydrogens is 357 g/mol. The van der Waals surface area contributed by atoms with Crippen LogP contribution >= 0.6 is 11.3 Å². The molecule has 0 unspecified atom stereocenters. The molecule has 128 valence electrons. The summed E-state index contributed by atoms with van der Waals surface area (Å²) in [5, 5.41) is 13.4. The van der Waals surface area contributed by atoms with E-state index in [1.807, 2.05) is 5.38 Å². The Kier molecular flexibility index (Phi) is 4.02. The lowest BCUT2D eigenvalue weighted by molar-refractivity contribution is -0.384. The number of nitrogens with zero attached hydrogens (tertiary/aromatic N) is 3. The first-order valence-electron chi connectivity index (χ1n) is 7.52. The van der Waals surface area contributed by atoms with Crippen LogP contribution in [-0.2, 0) is 0 Å². The zero-order valence-corrected chi connectivity index (χ0v) is 13.9. The fraction of sp³-hybridized carbons (Fsp3) is 0. The Labute approximate surface area is 150 Å². The molecule has 0 saturated carbocycles. The summed E-state index contributed by atoms with van der Waals surface area (Å²) < 4.78 is 19.0. The van der Waals surface area contributed by atoms with Gasteiger partial charge in [0.1, 0.15) is 22.7 Å². The average molecular weight is 367 g/mol. The molecule has 0 bridgehead atoms. The van der Waals surface area contributed by atoms with Crippen molar-refractivity contribution in [3.8, 4) is 22.8 Å². The first kappa shape index (κ1) is 16.1. The van der Waals surface area contributed by atoms with Gasteiger partial charge in [-0.2, -0.15) is 0 Å². The standard InChI is InChI=1S/C18H10FN3O3S/c19-12-3-1-11(2-4-12)15-9-26-18-16(15)17(20-10-21-18)25-14-7-5-13(6-8-14)22(23)24/h1-10H. The molecule has 0 spiro atoms. The minimum absolute atomic E-state index is 0.0206. The summed E-state index contributed by atoms with van der Waals surface area (Å²) in [5.74, 6) is 0.447. The molecule has 2 heterocycles. The second kappa shape index (κ2) is 6.49. The van der Waals surface area contributed by atoms with Crippen molar-refractivity contribution in [2.75, 3.05) is 0 Å². The van der Waals surface area contributed by atoms with Gasteiger partial charge >= 0.3 is 0 Å². The molecule has 4 aromatic rings. The molecule has 6 nitrogen and oxygen atoms in total. The van der Waals surface area contributed by atoms with E-state index in [-0.39, 0.29) is 11.5 Å². The van der Waals surface area contributed by atoms with Crippen molar-refractivity contribution < 1.29 is 14.1 Å². The van der Waals surface area contributed by atoms with E-state index in [1.54, 1.807) is 12.1 Å². The Morgan fingerprint density at radius 1 is 1.04 bits per heavy atom. The van der Waals surface area contributed by atoms with Gasteiger partial charge in [-0.25, -0.2) is 14.4 Å². The molecule has 26 heavy (non-hydrogen) atoms. The maximum Gasteiger partial charge on any atom is 0.269 e. The molecular formula is C18H10FN3O3S. The van der Waals surface area contributed by atoms with Crippen LogP contribution in [0.4, 0.5) is 10.1 Å². The van der Waals surface area contributed by atoms with Crippen LogP contribution in [0.2, 0.25) is 0 Å². The number of nitro groups is 1. The maximum atomic E-state index is 13.2. The van der Waals surface area contributed by atoms with Crippen LogP contribution in [0.5, 0.6) is 11.6 Å². The minimum Gasteiger partial charge on any atom is -0.438 e. The number of hydrogen-bond acceptors (Lipinski definition) is 6. The zero-order valence-electron chi connectivity index (χ0n) is 13.1. The third-order valence-corrected chi connectivity index (χ3v) is 4.64. The van der Waals surface area contributed by atoms with Crippen LogP contribution in [0.25, 0.3) is 21.3 Å². The SMILES string of the molecule is O=[N+]([O-])c1ccc(Oc2ncnc3scc(-c4ccc(F)cc4)c23)cc1. The van der Waals surface area contributed by atoms with Crippen molar-refractivity contribution in [3.05, 3.63) is 76.2 Å².